The molecule has 0 spiro atoms. The molecule has 1 aliphatic rings. The van der Waals surface area contributed by atoms with Crippen molar-refractivity contribution in [1.82, 2.24) is 4.90 Å². The van der Waals surface area contributed by atoms with Gasteiger partial charge in [0.1, 0.15) is 5.75 Å². The Labute approximate surface area is 141 Å². The van der Waals surface area contributed by atoms with Gasteiger partial charge in [-0.1, -0.05) is 13.0 Å². The molecule has 2 rings (SSSR count). The second-order valence-corrected chi connectivity index (χ2v) is 7.99. The maximum absolute atomic E-state index is 12.4. The molecule has 1 heterocycles. The topological polar surface area (TPSA) is 101 Å². The second kappa shape index (κ2) is 7.65. The summed E-state index contributed by atoms with van der Waals surface area (Å²) in [6.45, 7) is 2.14. The van der Waals surface area contributed by atoms with Crippen molar-refractivity contribution in [2.24, 2.45) is 0 Å². The Kier molecular flexibility index (Phi) is 5.82. The van der Waals surface area contributed by atoms with Gasteiger partial charge >= 0.3 is 5.97 Å². The third-order valence-corrected chi connectivity index (χ3v) is 5.63. The van der Waals surface area contributed by atoms with E-state index in [1.54, 1.807) is 11.0 Å². The van der Waals surface area contributed by atoms with Crippen LogP contribution in [0.2, 0.25) is 0 Å². The molecule has 1 atom stereocenters. The summed E-state index contributed by atoms with van der Waals surface area (Å²) >= 11 is 0. The van der Waals surface area contributed by atoms with Crippen LogP contribution < -0.4 is 4.74 Å². The third-order valence-electron chi connectivity index (χ3n) is 3.88. The van der Waals surface area contributed by atoms with Gasteiger partial charge in [-0.25, -0.2) is 13.2 Å². The Morgan fingerprint density at radius 2 is 2.12 bits per heavy atom. The maximum atomic E-state index is 12.4. The van der Waals surface area contributed by atoms with E-state index in [0.29, 0.717) is 18.7 Å². The first-order chi connectivity index (χ1) is 11.3. The minimum Gasteiger partial charge on any atom is -0.484 e. The standard InChI is InChI=1S/C16H21NO6S/c1-2-7-17(13-6-8-24(21,22)11-13)15(18)10-23-14-5-3-4-12(9-14)16(19)20/h3-5,9,13H,2,6-8,10-11H2,1H3,(H,19,20). The second-order valence-electron chi connectivity index (χ2n) is 5.77. The summed E-state index contributed by atoms with van der Waals surface area (Å²) in [5.41, 5.74) is 0.0762. The predicted molar refractivity (Wildman–Crippen MR) is 88.0 cm³/mol. The first-order valence-corrected chi connectivity index (χ1v) is 9.60. The molecule has 1 aromatic rings. The molecular formula is C16H21NO6S. The summed E-state index contributed by atoms with van der Waals surface area (Å²) in [6, 6.07) is 5.58. The van der Waals surface area contributed by atoms with Crippen LogP contribution in [0.1, 0.15) is 30.1 Å². The van der Waals surface area contributed by atoms with Crippen molar-refractivity contribution < 1.29 is 27.9 Å². The Morgan fingerprint density at radius 3 is 2.71 bits per heavy atom. The van der Waals surface area contributed by atoms with E-state index in [2.05, 4.69) is 0 Å². The van der Waals surface area contributed by atoms with Gasteiger partial charge in [0, 0.05) is 12.6 Å². The fraction of sp³-hybridized carbons (Fsp3) is 0.500. The molecule has 1 saturated heterocycles. The van der Waals surface area contributed by atoms with Crippen molar-refractivity contribution >= 4 is 21.7 Å². The van der Waals surface area contributed by atoms with Crippen molar-refractivity contribution in [2.75, 3.05) is 24.7 Å². The van der Waals surface area contributed by atoms with Gasteiger partial charge in [-0.05, 0) is 31.0 Å². The van der Waals surface area contributed by atoms with Crippen LogP contribution in [-0.2, 0) is 14.6 Å². The lowest BCUT2D eigenvalue weighted by atomic mass is 10.2. The molecule has 1 amide bonds. The molecule has 1 N–H and O–H groups in total. The summed E-state index contributed by atoms with van der Waals surface area (Å²) in [6.07, 6.45) is 1.17. The number of hydrogen-bond acceptors (Lipinski definition) is 5. The van der Waals surface area contributed by atoms with Crippen molar-refractivity contribution in [1.29, 1.82) is 0 Å². The number of carboxylic acid groups (broad SMARTS) is 1. The molecule has 132 valence electrons. The van der Waals surface area contributed by atoms with Gasteiger partial charge in [0.05, 0.1) is 17.1 Å². The molecule has 0 bridgehead atoms. The molecule has 24 heavy (non-hydrogen) atoms. The minimum absolute atomic E-state index is 0.00671. The highest BCUT2D eigenvalue weighted by Gasteiger charge is 2.34. The number of amides is 1. The lowest BCUT2D eigenvalue weighted by molar-refractivity contribution is -0.135. The summed E-state index contributed by atoms with van der Waals surface area (Å²) in [5.74, 6) is -0.978. The van der Waals surface area contributed by atoms with Gasteiger partial charge in [0.25, 0.3) is 5.91 Å². The van der Waals surface area contributed by atoms with Crippen molar-refractivity contribution in [2.45, 2.75) is 25.8 Å². The van der Waals surface area contributed by atoms with E-state index in [1.807, 2.05) is 6.92 Å². The molecule has 1 fully saturated rings. The van der Waals surface area contributed by atoms with E-state index >= 15 is 0 Å². The number of carbonyl (C=O) groups is 2. The fourth-order valence-electron chi connectivity index (χ4n) is 2.72. The molecular weight excluding hydrogens is 334 g/mol. The van der Waals surface area contributed by atoms with Crippen LogP contribution in [0.5, 0.6) is 5.75 Å². The van der Waals surface area contributed by atoms with Crippen LogP contribution in [0.25, 0.3) is 0 Å². The molecule has 1 aromatic carbocycles. The highest BCUT2D eigenvalue weighted by Crippen LogP contribution is 2.19. The number of sulfone groups is 1. The Balaban J connectivity index is 2.01. The number of aromatic carboxylic acids is 1. The first-order valence-electron chi connectivity index (χ1n) is 7.78. The van der Waals surface area contributed by atoms with Crippen molar-refractivity contribution in [3.8, 4) is 5.75 Å². The smallest absolute Gasteiger partial charge is 0.335 e. The van der Waals surface area contributed by atoms with E-state index in [-0.39, 0.29) is 35.6 Å². The highest BCUT2D eigenvalue weighted by atomic mass is 32.2. The number of rotatable bonds is 7. The lowest BCUT2D eigenvalue weighted by Crippen LogP contribution is -2.44. The summed E-state index contributed by atoms with van der Waals surface area (Å²) in [5, 5.41) is 8.95. The highest BCUT2D eigenvalue weighted by molar-refractivity contribution is 7.91. The number of carbonyl (C=O) groups excluding carboxylic acids is 1. The van der Waals surface area contributed by atoms with E-state index in [4.69, 9.17) is 9.84 Å². The SMILES string of the molecule is CCCN(C(=O)COc1cccc(C(=O)O)c1)C1CCS(=O)(=O)C1. The van der Waals surface area contributed by atoms with Gasteiger partial charge in [-0.3, -0.25) is 4.79 Å². The Bertz CT molecular complexity index is 715. The molecule has 1 aliphatic heterocycles. The fourth-order valence-corrected chi connectivity index (χ4v) is 4.45. The van der Waals surface area contributed by atoms with Gasteiger partial charge in [0.15, 0.2) is 16.4 Å². The molecule has 0 aliphatic carbocycles. The van der Waals surface area contributed by atoms with E-state index in [0.717, 1.165) is 6.42 Å². The Morgan fingerprint density at radius 1 is 1.38 bits per heavy atom. The first kappa shape index (κ1) is 18.3. The minimum atomic E-state index is -3.07. The zero-order valence-electron chi connectivity index (χ0n) is 13.5. The number of nitrogens with zero attached hydrogens (tertiary/aromatic N) is 1. The molecule has 1 unspecified atom stereocenters. The summed E-state index contributed by atoms with van der Waals surface area (Å²) < 4.78 is 28.6. The zero-order valence-corrected chi connectivity index (χ0v) is 14.3. The van der Waals surface area contributed by atoms with E-state index < -0.39 is 15.8 Å². The Hall–Kier alpha value is -2.09. The van der Waals surface area contributed by atoms with Crippen LogP contribution in [0.3, 0.4) is 0 Å². The van der Waals surface area contributed by atoms with Crippen LogP contribution in [0.15, 0.2) is 24.3 Å². The van der Waals surface area contributed by atoms with Gasteiger partial charge < -0.3 is 14.7 Å². The number of carboxylic acids is 1. The van der Waals surface area contributed by atoms with Gasteiger partial charge in [0.2, 0.25) is 0 Å². The zero-order chi connectivity index (χ0) is 17.7. The van der Waals surface area contributed by atoms with E-state index in [1.165, 1.54) is 18.2 Å². The summed E-state index contributed by atoms with van der Waals surface area (Å²) in [7, 11) is -3.07. The number of ether oxygens (including phenoxy) is 1. The molecule has 0 saturated carbocycles. The number of benzene rings is 1. The number of hydrogen-bond donors (Lipinski definition) is 1. The largest absolute Gasteiger partial charge is 0.484 e. The third kappa shape index (κ3) is 4.70. The van der Waals surface area contributed by atoms with E-state index in [9.17, 15) is 18.0 Å². The summed E-state index contributed by atoms with van der Waals surface area (Å²) in [4.78, 5) is 24.9. The van der Waals surface area contributed by atoms with Crippen LogP contribution in [0, 0.1) is 0 Å². The lowest BCUT2D eigenvalue weighted by Gasteiger charge is -2.27. The monoisotopic (exact) mass is 355 g/mol. The predicted octanol–water partition coefficient (Wildman–Crippen LogP) is 1.19. The molecule has 0 aromatic heterocycles. The van der Waals surface area contributed by atoms with Crippen LogP contribution in [-0.4, -0.2) is 61.0 Å². The van der Waals surface area contributed by atoms with Crippen molar-refractivity contribution in [3.05, 3.63) is 29.8 Å². The van der Waals surface area contributed by atoms with Gasteiger partial charge in [-0.15, -0.1) is 0 Å². The molecule has 8 heteroatoms. The van der Waals surface area contributed by atoms with Gasteiger partial charge in [-0.2, -0.15) is 0 Å². The van der Waals surface area contributed by atoms with Crippen LogP contribution >= 0.6 is 0 Å². The molecule has 7 nitrogen and oxygen atoms in total. The average molecular weight is 355 g/mol. The quantitative estimate of drug-likeness (QED) is 0.788. The average Bonchev–Trinajstić information content (AvgIpc) is 2.90. The normalized spacial score (nSPS) is 19.0. The molecule has 0 radical (unpaired) electrons. The maximum Gasteiger partial charge on any atom is 0.335 e. The van der Waals surface area contributed by atoms with Crippen molar-refractivity contribution in [3.63, 3.8) is 0 Å². The van der Waals surface area contributed by atoms with Crippen LogP contribution in [0.4, 0.5) is 0 Å².